The van der Waals surface area contributed by atoms with Crippen molar-refractivity contribution in [3.8, 4) is 17.5 Å². The highest BCUT2D eigenvalue weighted by molar-refractivity contribution is 5.64. The molecule has 1 unspecified atom stereocenters. The number of imidazole rings is 1. The van der Waals surface area contributed by atoms with Gasteiger partial charge in [-0.3, -0.25) is 0 Å². The minimum atomic E-state index is -0.0875. The van der Waals surface area contributed by atoms with E-state index < -0.39 is 0 Å². The van der Waals surface area contributed by atoms with E-state index in [4.69, 9.17) is 19.2 Å². The zero-order valence-electron chi connectivity index (χ0n) is 19.9. The number of ether oxygens (including phenoxy) is 3. The summed E-state index contributed by atoms with van der Waals surface area (Å²) in [4.78, 5) is 11.5. The predicted octanol–water partition coefficient (Wildman–Crippen LogP) is 3.34. The van der Waals surface area contributed by atoms with E-state index in [0.29, 0.717) is 37.1 Å². The lowest BCUT2D eigenvalue weighted by Crippen LogP contribution is -2.28. The molecule has 4 aromatic rings. The van der Waals surface area contributed by atoms with E-state index in [1.54, 1.807) is 31.1 Å². The van der Waals surface area contributed by atoms with Crippen LogP contribution >= 0.6 is 0 Å². The summed E-state index contributed by atoms with van der Waals surface area (Å²) < 4.78 is 18.3. The maximum atomic E-state index is 5.99. The van der Waals surface area contributed by atoms with Crippen molar-refractivity contribution in [3.05, 3.63) is 72.1 Å². The molecule has 0 bridgehead atoms. The lowest BCUT2D eigenvalue weighted by atomic mass is 10.1. The fourth-order valence-electron chi connectivity index (χ4n) is 3.67. The third-order valence-corrected chi connectivity index (χ3v) is 5.38. The Morgan fingerprint density at radius 2 is 1.53 bits per heavy atom. The second kappa shape index (κ2) is 10.8. The highest BCUT2D eigenvalue weighted by Gasteiger charge is 2.19. The molecule has 2 heterocycles. The Kier molecular flexibility index (Phi) is 7.44. The Bertz CT molecular complexity index is 1140. The minimum absolute atomic E-state index is 0.0875. The van der Waals surface area contributed by atoms with Crippen LogP contribution in [-0.2, 0) is 13.1 Å². The maximum Gasteiger partial charge on any atom is 0.336 e. The molecule has 1 atom stereocenters. The Labute approximate surface area is 199 Å². The van der Waals surface area contributed by atoms with E-state index >= 15 is 0 Å². The molecule has 0 aliphatic carbocycles. The van der Waals surface area contributed by atoms with Crippen LogP contribution in [0.25, 0.3) is 5.65 Å². The van der Waals surface area contributed by atoms with Crippen LogP contribution in [0.1, 0.15) is 18.1 Å². The molecule has 0 aliphatic heterocycles. The average Bonchev–Trinajstić information content (AvgIpc) is 3.33. The average molecular weight is 463 g/mol. The van der Waals surface area contributed by atoms with Crippen LogP contribution in [0.3, 0.4) is 0 Å². The lowest BCUT2D eigenvalue weighted by Gasteiger charge is -2.25. The maximum absolute atomic E-state index is 5.99. The highest BCUT2D eigenvalue weighted by Crippen LogP contribution is 2.25. The molecule has 0 saturated carbocycles. The first-order valence-electron chi connectivity index (χ1n) is 11.1. The van der Waals surface area contributed by atoms with Gasteiger partial charge in [-0.2, -0.15) is 4.98 Å². The largest absolute Gasteiger partial charge is 0.497 e. The number of aromatic nitrogens is 4. The van der Waals surface area contributed by atoms with Gasteiger partial charge in [-0.05, 0) is 49.4 Å². The molecule has 0 fully saturated rings. The SMILES string of the molecule is CNCC(C)Oc1nc(N(Cc2ccc(OC)cc2)Cc2ccc(OC)cc2)c2nccn2n1. The van der Waals surface area contributed by atoms with Crippen LogP contribution in [0.15, 0.2) is 60.9 Å². The van der Waals surface area contributed by atoms with Crippen LogP contribution < -0.4 is 24.4 Å². The number of fused-ring (bicyclic) bond motifs is 1. The van der Waals surface area contributed by atoms with Gasteiger partial charge in [0.1, 0.15) is 17.6 Å². The monoisotopic (exact) mass is 462 g/mol. The molecule has 0 radical (unpaired) electrons. The van der Waals surface area contributed by atoms with Gasteiger partial charge in [0, 0.05) is 32.0 Å². The fourth-order valence-corrected chi connectivity index (χ4v) is 3.67. The van der Waals surface area contributed by atoms with Crippen molar-refractivity contribution in [2.45, 2.75) is 26.1 Å². The summed E-state index contributed by atoms with van der Waals surface area (Å²) in [6.45, 7) is 3.88. The number of hydrogen-bond acceptors (Lipinski definition) is 8. The Hall–Kier alpha value is -3.85. The zero-order chi connectivity index (χ0) is 23.9. The minimum Gasteiger partial charge on any atom is -0.497 e. The zero-order valence-corrected chi connectivity index (χ0v) is 19.9. The highest BCUT2D eigenvalue weighted by atomic mass is 16.5. The number of benzene rings is 2. The van der Waals surface area contributed by atoms with Crippen molar-refractivity contribution < 1.29 is 14.2 Å². The predicted molar refractivity (Wildman–Crippen MR) is 131 cm³/mol. The molecule has 0 amide bonds. The van der Waals surface area contributed by atoms with Crippen molar-refractivity contribution >= 4 is 11.5 Å². The summed E-state index contributed by atoms with van der Waals surface area (Å²) in [6.07, 6.45) is 3.43. The normalized spacial score (nSPS) is 11.9. The number of anilines is 1. The Morgan fingerprint density at radius 1 is 0.941 bits per heavy atom. The van der Waals surface area contributed by atoms with Gasteiger partial charge in [-0.1, -0.05) is 24.3 Å². The number of rotatable bonds is 11. The molecule has 178 valence electrons. The van der Waals surface area contributed by atoms with Gasteiger partial charge < -0.3 is 24.4 Å². The third kappa shape index (κ3) is 5.55. The number of hydrogen-bond donors (Lipinski definition) is 1. The molecule has 4 rings (SSSR count). The molecule has 2 aromatic heterocycles. The number of likely N-dealkylation sites (N-methyl/N-ethyl adjacent to an activating group) is 1. The van der Waals surface area contributed by atoms with Gasteiger partial charge in [0.05, 0.1) is 14.2 Å². The van der Waals surface area contributed by atoms with Crippen molar-refractivity contribution in [1.29, 1.82) is 0 Å². The summed E-state index contributed by atoms with van der Waals surface area (Å²) in [6, 6.07) is 16.3. The molecule has 9 heteroatoms. The summed E-state index contributed by atoms with van der Waals surface area (Å²) >= 11 is 0. The molecular weight excluding hydrogens is 432 g/mol. The molecular formula is C25H30N6O3. The first kappa shape index (κ1) is 23.3. The molecule has 34 heavy (non-hydrogen) atoms. The molecule has 0 aliphatic rings. The van der Waals surface area contributed by atoms with Crippen molar-refractivity contribution in [3.63, 3.8) is 0 Å². The van der Waals surface area contributed by atoms with E-state index in [9.17, 15) is 0 Å². The lowest BCUT2D eigenvalue weighted by molar-refractivity contribution is 0.199. The fraction of sp³-hybridized carbons (Fsp3) is 0.320. The Morgan fingerprint density at radius 3 is 2.06 bits per heavy atom. The Balaban J connectivity index is 1.72. The van der Waals surface area contributed by atoms with Crippen LogP contribution in [0.5, 0.6) is 17.5 Å². The molecule has 0 saturated heterocycles. The van der Waals surface area contributed by atoms with Crippen molar-refractivity contribution in [2.24, 2.45) is 0 Å². The second-order valence-corrected chi connectivity index (χ2v) is 7.95. The number of methoxy groups -OCH3 is 2. The molecule has 1 N–H and O–H groups in total. The van der Waals surface area contributed by atoms with Gasteiger partial charge in [-0.25, -0.2) is 9.50 Å². The van der Waals surface area contributed by atoms with E-state index in [0.717, 1.165) is 22.6 Å². The first-order valence-corrected chi connectivity index (χ1v) is 11.1. The second-order valence-electron chi connectivity index (χ2n) is 7.95. The quantitative estimate of drug-likeness (QED) is 0.363. The van der Waals surface area contributed by atoms with E-state index in [-0.39, 0.29) is 6.10 Å². The van der Waals surface area contributed by atoms with E-state index in [1.165, 1.54) is 0 Å². The van der Waals surface area contributed by atoms with Crippen LogP contribution in [0.2, 0.25) is 0 Å². The van der Waals surface area contributed by atoms with Gasteiger partial charge in [-0.15, -0.1) is 5.10 Å². The smallest absolute Gasteiger partial charge is 0.336 e. The van der Waals surface area contributed by atoms with E-state index in [1.807, 2.05) is 38.2 Å². The van der Waals surface area contributed by atoms with Gasteiger partial charge in [0.25, 0.3) is 0 Å². The van der Waals surface area contributed by atoms with Gasteiger partial charge in [0.2, 0.25) is 0 Å². The summed E-state index contributed by atoms with van der Waals surface area (Å²) in [5, 5.41) is 7.60. The molecule has 0 spiro atoms. The van der Waals surface area contributed by atoms with E-state index in [2.05, 4.69) is 44.6 Å². The molecule has 2 aromatic carbocycles. The number of nitrogens with one attached hydrogen (secondary N) is 1. The van der Waals surface area contributed by atoms with Gasteiger partial charge in [0.15, 0.2) is 11.5 Å². The van der Waals surface area contributed by atoms with Crippen molar-refractivity contribution in [2.75, 3.05) is 32.7 Å². The van der Waals surface area contributed by atoms with Crippen LogP contribution in [0, 0.1) is 0 Å². The first-order chi connectivity index (χ1) is 16.6. The third-order valence-electron chi connectivity index (χ3n) is 5.38. The summed E-state index contributed by atoms with van der Waals surface area (Å²) in [7, 11) is 5.21. The van der Waals surface area contributed by atoms with Crippen LogP contribution in [0.4, 0.5) is 5.82 Å². The van der Waals surface area contributed by atoms with Crippen LogP contribution in [-0.4, -0.2) is 53.5 Å². The topological polar surface area (TPSA) is 86.0 Å². The molecule has 9 nitrogen and oxygen atoms in total. The van der Waals surface area contributed by atoms with Gasteiger partial charge >= 0.3 is 6.01 Å². The summed E-state index contributed by atoms with van der Waals surface area (Å²) in [5.41, 5.74) is 2.89. The van der Waals surface area contributed by atoms with Crippen molar-refractivity contribution in [1.82, 2.24) is 24.9 Å². The number of nitrogens with zero attached hydrogens (tertiary/aromatic N) is 5. The standard InChI is InChI=1S/C25H30N6O3/c1-18(15-26-2)34-25-28-24(23-27-13-14-31(23)29-25)30(16-19-5-9-21(32-3)10-6-19)17-20-7-11-22(33-4)12-8-20/h5-14,18,26H,15-17H2,1-4H3. The summed E-state index contributed by atoms with van der Waals surface area (Å²) in [5.74, 6) is 2.33.